The molecule has 0 heterocycles. The lowest BCUT2D eigenvalue weighted by Gasteiger charge is -2.18. The van der Waals surface area contributed by atoms with Crippen LogP contribution in [-0.2, 0) is 0 Å². The van der Waals surface area contributed by atoms with Gasteiger partial charge in [-0.05, 0) is 12.8 Å². The molecule has 0 bridgehead atoms. The summed E-state index contributed by atoms with van der Waals surface area (Å²) in [6.45, 7) is 4.40. The Morgan fingerprint density at radius 1 is 1.00 bits per heavy atom. The Kier molecular flexibility index (Phi) is 6.15. The van der Waals surface area contributed by atoms with Gasteiger partial charge in [-0.25, -0.2) is 0 Å². The van der Waals surface area contributed by atoms with Gasteiger partial charge in [0, 0.05) is 0 Å². The molecule has 0 aliphatic heterocycles. The van der Waals surface area contributed by atoms with E-state index < -0.39 is 0 Å². The van der Waals surface area contributed by atoms with Crippen molar-refractivity contribution in [3.8, 4) is 0 Å². The minimum Gasteiger partial charge on any atom is -0.0651 e. The Bertz CT molecular complexity index is 231. The topological polar surface area (TPSA) is 0 Å². The molecule has 0 N–H and O–H groups in total. The molecule has 0 radical (unpaired) electrons. The summed E-state index contributed by atoms with van der Waals surface area (Å²) in [6, 6.07) is 10.3. The molecule has 1 aromatic carbocycles. The van der Waals surface area contributed by atoms with Crippen molar-refractivity contribution in [2.75, 3.05) is 0 Å². The maximum atomic E-state index is 2.32. The van der Waals surface area contributed by atoms with Gasteiger partial charge < -0.3 is 0 Å². The summed E-state index contributed by atoms with van der Waals surface area (Å²) in [5.74, 6) is 1.09. The first-order chi connectivity index (χ1) is 7.33. The smallest absolute Gasteiger partial charge is 0.0398 e. The number of hydrogen-bond donors (Lipinski definition) is 0. The second-order valence-corrected chi connectivity index (χ2v) is 4.57. The molecular formula is C15H24. The van der Waals surface area contributed by atoms with E-state index in [1.165, 1.54) is 44.1 Å². The maximum absolute atomic E-state index is 2.32. The largest absolute Gasteiger partial charge is 0.0651 e. The van der Waals surface area contributed by atoms with Gasteiger partial charge in [-0.1, -0.05) is 81.3 Å². The van der Waals surface area contributed by atoms with Gasteiger partial charge in [0.25, 0.3) is 0 Å². The highest BCUT2D eigenvalue weighted by molar-refractivity contribution is 5.11. The van der Waals surface area contributed by atoms with Crippen LogP contribution in [0.3, 0.4) is 0 Å². The third-order valence-corrected chi connectivity index (χ3v) is 3.24. The van der Waals surface area contributed by atoms with Gasteiger partial charge in [-0.15, -0.1) is 0 Å². The van der Waals surface area contributed by atoms with E-state index in [0.29, 0.717) is 0 Å². The van der Waals surface area contributed by atoms with Crippen molar-refractivity contribution in [2.24, 2.45) is 5.92 Å². The van der Waals surface area contributed by atoms with E-state index >= 15 is 0 Å². The van der Waals surface area contributed by atoms with Crippen LogP contribution in [0, 0.1) is 12.8 Å². The molecule has 1 fully saturated rings. The number of aryl methyl sites for hydroxylation is 1. The highest BCUT2D eigenvalue weighted by Crippen LogP contribution is 2.25. The predicted octanol–water partition coefficient (Wildman–Crippen LogP) is 4.97. The summed E-state index contributed by atoms with van der Waals surface area (Å²) < 4.78 is 0. The fraction of sp³-hybridized carbons (Fsp3) is 0.600. The molecule has 0 nitrogen and oxygen atoms in total. The molecule has 0 atom stereocenters. The predicted molar refractivity (Wildman–Crippen MR) is 68.0 cm³/mol. The molecule has 0 amide bonds. The SMILES string of the molecule is CCC1CCCCC1.Cc1ccccc1. The molecule has 1 saturated carbocycles. The molecule has 84 valence electrons. The van der Waals surface area contributed by atoms with E-state index in [1.807, 2.05) is 18.2 Å². The summed E-state index contributed by atoms with van der Waals surface area (Å²) >= 11 is 0. The van der Waals surface area contributed by atoms with E-state index in [9.17, 15) is 0 Å². The average molecular weight is 204 g/mol. The number of hydrogen-bond acceptors (Lipinski definition) is 0. The molecule has 1 aliphatic rings. The van der Waals surface area contributed by atoms with Gasteiger partial charge in [0.2, 0.25) is 0 Å². The third kappa shape index (κ3) is 5.61. The lowest BCUT2D eigenvalue weighted by atomic mass is 9.88. The van der Waals surface area contributed by atoms with Crippen molar-refractivity contribution in [3.63, 3.8) is 0 Å². The van der Waals surface area contributed by atoms with Crippen molar-refractivity contribution < 1.29 is 0 Å². The Balaban J connectivity index is 0.000000151. The summed E-state index contributed by atoms with van der Waals surface area (Å²) in [4.78, 5) is 0. The summed E-state index contributed by atoms with van der Waals surface area (Å²) in [5, 5.41) is 0. The van der Waals surface area contributed by atoms with Gasteiger partial charge in [0.15, 0.2) is 0 Å². The number of rotatable bonds is 1. The Morgan fingerprint density at radius 3 is 1.93 bits per heavy atom. The minimum atomic E-state index is 1.09. The molecule has 0 spiro atoms. The maximum Gasteiger partial charge on any atom is -0.0398 e. The Morgan fingerprint density at radius 2 is 1.60 bits per heavy atom. The molecule has 0 saturated heterocycles. The van der Waals surface area contributed by atoms with Crippen molar-refractivity contribution in [3.05, 3.63) is 35.9 Å². The second kappa shape index (κ2) is 7.50. The third-order valence-electron chi connectivity index (χ3n) is 3.24. The van der Waals surface area contributed by atoms with Gasteiger partial charge in [-0.2, -0.15) is 0 Å². The average Bonchev–Trinajstić information content (AvgIpc) is 2.32. The first-order valence-electron chi connectivity index (χ1n) is 6.34. The minimum absolute atomic E-state index is 1.09. The normalized spacial score (nSPS) is 16.7. The van der Waals surface area contributed by atoms with Crippen LogP contribution in [0.2, 0.25) is 0 Å². The Labute approximate surface area is 94.7 Å². The first kappa shape index (κ1) is 12.3. The van der Waals surface area contributed by atoms with Crippen molar-refractivity contribution in [1.29, 1.82) is 0 Å². The standard InChI is InChI=1S/C8H16.C7H8/c1-2-8-6-4-3-5-7-8;1-7-5-3-2-4-6-7/h8H,2-7H2,1H3;2-6H,1H3. The highest BCUT2D eigenvalue weighted by Gasteiger charge is 2.09. The quantitative estimate of drug-likeness (QED) is 0.605. The van der Waals surface area contributed by atoms with Crippen LogP contribution < -0.4 is 0 Å². The van der Waals surface area contributed by atoms with Crippen LogP contribution in [0.1, 0.15) is 51.0 Å². The van der Waals surface area contributed by atoms with Crippen molar-refractivity contribution >= 4 is 0 Å². The summed E-state index contributed by atoms with van der Waals surface area (Å²) in [6.07, 6.45) is 8.93. The van der Waals surface area contributed by atoms with Crippen LogP contribution in [0.25, 0.3) is 0 Å². The van der Waals surface area contributed by atoms with E-state index in [4.69, 9.17) is 0 Å². The summed E-state index contributed by atoms with van der Waals surface area (Å²) in [5.41, 5.74) is 1.32. The van der Waals surface area contributed by atoms with E-state index in [2.05, 4.69) is 26.0 Å². The van der Waals surface area contributed by atoms with E-state index in [1.54, 1.807) is 0 Å². The molecule has 0 unspecified atom stereocenters. The van der Waals surface area contributed by atoms with Crippen LogP contribution in [-0.4, -0.2) is 0 Å². The van der Waals surface area contributed by atoms with E-state index in [-0.39, 0.29) is 0 Å². The van der Waals surface area contributed by atoms with E-state index in [0.717, 1.165) is 5.92 Å². The molecular weight excluding hydrogens is 180 g/mol. The van der Waals surface area contributed by atoms with Gasteiger partial charge >= 0.3 is 0 Å². The fourth-order valence-corrected chi connectivity index (χ4v) is 2.13. The highest BCUT2D eigenvalue weighted by atomic mass is 14.2. The van der Waals surface area contributed by atoms with Gasteiger partial charge in [0.05, 0.1) is 0 Å². The van der Waals surface area contributed by atoms with Crippen LogP contribution >= 0.6 is 0 Å². The molecule has 1 aromatic rings. The second-order valence-electron chi connectivity index (χ2n) is 4.57. The zero-order valence-electron chi connectivity index (χ0n) is 10.2. The van der Waals surface area contributed by atoms with Gasteiger partial charge in [-0.3, -0.25) is 0 Å². The summed E-state index contributed by atoms with van der Waals surface area (Å²) in [7, 11) is 0. The monoisotopic (exact) mass is 204 g/mol. The van der Waals surface area contributed by atoms with Gasteiger partial charge in [0.1, 0.15) is 0 Å². The Hall–Kier alpha value is -0.780. The van der Waals surface area contributed by atoms with Crippen LogP contribution in [0.15, 0.2) is 30.3 Å². The zero-order chi connectivity index (χ0) is 10.9. The molecule has 0 heteroatoms. The lowest BCUT2D eigenvalue weighted by Crippen LogP contribution is -2.03. The molecule has 0 aromatic heterocycles. The molecule has 15 heavy (non-hydrogen) atoms. The van der Waals surface area contributed by atoms with Crippen LogP contribution in [0.5, 0.6) is 0 Å². The first-order valence-corrected chi connectivity index (χ1v) is 6.34. The lowest BCUT2D eigenvalue weighted by molar-refractivity contribution is 0.349. The fourth-order valence-electron chi connectivity index (χ4n) is 2.13. The van der Waals surface area contributed by atoms with Crippen LogP contribution in [0.4, 0.5) is 0 Å². The van der Waals surface area contributed by atoms with Crippen molar-refractivity contribution in [2.45, 2.75) is 52.4 Å². The molecule has 2 rings (SSSR count). The van der Waals surface area contributed by atoms with Crippen molar-refractivity contribution in [1.82, 2.24) is 0 Å². The molecule has 1 aliphatic carbocycles. The number of benzene rings is 1. The zero-order valence-corrected chi connectivity index (χ0v) is 10.2.